The smallest absolute Gasteiger partial charge is 0.219 e. The molecule has 4 nitrogen and oxygen atoms in total. The Kier molecular flexibility index (Phi) is 3.39. The van der Waals surface area contributed by atoms with Crippen LogP contribution in [0.1, 0.15) is 27.2 Å². The fraction of sp³-hybridized carbons (Fsp3) is 0.750. The zero-order valence-corrected chi connectivity index (χ0v) is 7.76. The molecule has 0 aliphatic heterocycles. The van der Waals surface area contributed by atoms with Crippen LogP contribution < -0.4 is 11.5 Å². The highest BCUT2D eigenvalue weighted by Crippen LogP contribution is 2.16. The van der Waals surface area contributed by atoms with Crippen molar-refractivity contribution in [2.75, 3.05) is 0 Å². The van der Waals surface area contributed by atoms with E-state index in [2.05, 4.69) is 0 Å². The lowest BCUT2D eigenvalue weighted by Gasteiger charge is -2.20. The number of Topliss-reactive ketones (excluding diaryl/α,β-unsaturated/α-hetero) is 1. The van der Waals surface area contributed by atoms with Crippen molar-refractivity contribution in [1.29, 1.82) is 0 Å². The van der Waals surface area contributed by atoms with Gasteiger partial charge in [0.2, 0.25) is 5.91 Å². The SMILES string of the molecule is CC(C)(C)C(=O)[C@@H](N)CC(N)=O. The van der Waals surface area contributed by atoms with E-state index in [0.29, 0.717) is 0 Å². The maximum atomic E-state index is 11.4. The molecule has 0 bridgehead atoms. The Balaban J connectivity index is 4.21. The van der Waals surface area contributed by atoms with Gasteiger partial charge in [-0.1, -0.05) is 20.8 Å². The molecule has 0 aliphatic carbocycles. The molecule has 4 heteroatoms. The molecule has 0 heterocycles. The lowest BCUT2D eigenvalue weighted by atomic mass is 9.86. The molecular weight excluding hydrogens is 156 g/mol. The van der Waals surface area contributed by atoms with Gasteiger partial charge in [0.25, 0.3) is 0 Å². The minimum atomic E-state index is -0.762. The molecule has 0 spiro atoms. The highest BCUT2D eigenvalue weighted by atomic mass is 16.1. The van der Waals surface area contributed by atoms with Gasteiger partial charge >= 0.3 is 0 Å². The van der Waals surface area contributed by atoms with E-state index < -0.39 is 17.4 Å². The van der Waals surface area contributed by atoms with Crippen molar-refractivity contribution >= 4 is 11.7 Å². The predicted molar refractivity (Wildman–Crippen MR) is 46.2 cm³/mol. The van der Waals surface area contributed by atoms with Crippen molar-refractivity contribution in [2.45, 2.75) is 33.2 Å². The topological polar surface area (TPSA) is 86.2 Å². The second-order valence-corrected chi connectivity index (χ2v) is 3.89. The highest BCUT2D eigenvalue weighted by molar-refractivity contribution is 5.92. The quantitative estimate of drug-likeness (QED) is 0.618. The van der Waals surface area contributed by atoms with Crippen LogP contribution in [0.4, 0.5) is 0 Å². The van der Waals surface area contributed by atoms with Gasteiger partial charge in [-0.05, 0) is 0 Å². The molecule has 0 fully saturated rings. The molecule has 0 aliphatic rings. The monoisotopic (exact) mass is 172 g/mol. The van der Waals surface area contributed by atoms with Crippen molar-refractivity contribution in [1.82, 2.24) is 0 Å². The number of ketones is 1. The normalized spacial score (nSPS) is 14.0. The standard InChI is InChI=1S/C8H16N2O2/c1-8(2,3)7(12)5(9)4-6(10)11/h5H,4,9H2,1-3H3,(H2,10,11)/t5-/m0/s1. The van der Waals surface area contributed by atoms with Gasteiger partial charge in [0.15, 0.2) is 5.78 Å². The molecule has 0 radical (unpaired) electrons. The predicted octanol–water partition coefficient (Wildman–Crippen LogP) is -0.196. The summed E-state index contributed by atoms with van der Waals surface area (Å²) in [5.41, 5.74) is 9.85. The summed E-state index contributed by atoms with van der Waals surface area (Å²) in [7, 11) is 0. The number of carbonyl (C=O) groups excluding carboxylic acids is 2. The Morgan fingerprint density at radius 2 is 1.75 bits per heavy atom. The van der Waals surface area contributed by atoms with Crippen molar-refractivity contribution in [3.05, 3.63) is 0 Å². The Labute approximate surface area is 72.3 Å². The summed E-state index contributed by atoms with van der Waals surface area (Å²) >= 11 is 0. The third-order valence-electron chi connectivity index (χ3n) is 1.50. The molecule has 12 heavy (non-hydrogen) atoms. The van der Waals surface area contributed by atoms with E-state index in [9.17, 15) is 9.59 Å². The minimum absolute atomic E-state index is 0.0733. The molecule has 0 aromatic rings. The molecule has 0 saturated heterocycles. The van der Waals surface area contributed by atoms with Gasteiger partial charge in [-0.15, -0.1) is 0 Å². The van der Waals surface area contributed by atoms with E-state index in [1.54, 1.807) is 20.8 Å². The van der Waals surface area contributed by atoms with Gasteiger partial charge in [0, 0.05) is 11.8 Å². The molecule has 0 aromatic carbocycles. The fourth-order valence-electron chi connectivity index (χ4n) is 0.866. The second kappa shape index (κ2) is 3.67. The largest absolute Gasteiger partial charge is 0.370 e. The summed E-state index contributed by atoms with van der Waals surface area (Å²) in [4.78, 5) is 21.8. The van der Waals surface area contributed by atoms with Crippen LogP contribution in [0.2, 0.25) is 0 Å². The van der Waals surface area contributed by atoms with Gasteiger partial charge < -0.3 is 11.5 Å². The Hall–Kier alpha value is -0.900. The first-order valence-electron chi connectivity index (χ1n) is 3.83. The first-order chi connectivity index (χ1) is 5.25. The number of nitrogens with two attached hydrogens (primary N) is 2. The minimum Gasteiger partial charge on any atom is -0.370 e. The van der Waals surface area contributed by atoms with E-state index in [1.807, 2.05) is 0 Å². The zero-order chi connectivity index (χ0) is 9.94. The lowest BCUT2D eigenvalue weighted by molar-refractivity contribution is -0.130. The highest BCUT2D eigenvalue weighted by Gasteiger charge is 2.27. The summed E-state index contributed by atoms with van der Waals surface area (Å²) in [6, 6.07) is -0.762. The van der Waals surface area contributed by atoms with Crippen molar-refractivity contribution in [2.24, 2.45) is 16.9 Å². The third-order valence-corrected chi connectivity index (χ3v) is 1.50. The average molecular weight is 172 g/mol. The molecule has 1 atom stereocenters. The number of hydrogen-bond acceptors (Lipinski definition) is 3. The summed E-state index contributed by atoms with van der Waals surface area (Å²) in [6.45, 7) is 5.28. The Morgan fingerprint density at radius 1 is 1.33 bits per heavy atom. The van der Waals surface area contributed by atoms with E-state index in [-0.39, 0.29) is 12.2 Å². The molecule has 0 aromatic heterocycles. The first kappa shape index (κ1) is 11.1. The number of amides is 1. The molecule has 0 unspecified atom stereocenters. The second-order valence-electron chi connectivity index (χ2n) is 3.89. The van der Waals surface area contributed by atoms with Crippen LogP contribution in [-0.2, 0) is 9.59 Å². The van der Waals surface area contributed by atoms with Gasteiger partial charge in [0.1, 0.15) is 0 Å². The fourth-order valence-corrected chi connectivity index (χ4v) is 0.866. The van der Waals surface area contributed by atoms with Gasteiger partial charge in [-0.3, -0.25) is 9.59 Å². The lowest BCUT2D eigenvalue weighted by Crippen LogP contribution is -2.41. The van der Waals surface area contributed by atoms with Gasteiger partial charge in [-0.2, -0.15) is 0 Å². The number of primary amides is 1. The number of carbonyl (C=O) groups is 2. The first-order valence-corrected chi connectivity index (χ1v) is 3.83. The van der Waals surface area contributed by atoms with Crippen molar-refractivity contribution < 1.29 is 9.59 Å². The van der Waals surface area contributed by atoms with Crippen LogP contribution in [0.25, 0.3) is 0 Å². The van der Waals surface area contributed by atoms with Crippen molar-refractivity contribution in [3.8, 4) is 0 Å². The molecule has 1 amide bonds. The maximum Gasteiger partial charge on any atom is 0.219 e. The summed E-state index contributed by atoms with van der Waals surface area (Å²) < 4.78 is 0. The number of hydrogen-bond donors (Lipinski definition) is 2. The Morgan fingerprint density at radius 3 is 2.00 bits per heavy atom. The van der Waals surface area contributed by atoms with Crippen LogP contribution in [-0.4, -0.2) is 17.7 Å². The van der Waals surface area contributed by atoms with Crippen LogP contribution in [0.3, 0.4) is 0 Å². The van der Waals surface area contributed by atoms with Crippen LogP contribution in [0, 0.1) is 5.41 Å². The van der Waals surface area contributed by atoms with Gasteiger partial charge in [0.05, 0.1) is 6.04 Å². The van der Waals surface area contributed by atoms with Crippen LogP contribution >= 0.6 is 0 Å². The third kappa shape index (κ3) is 3.48. The van der Waals surface area contributed by atoms with E-state index in [4.69, 9.17) is 11.5 Å². The summed E-state index contributed by atoms with van der Waals surface area (Å²) in [5, 5.41) is 0. The maximum absolute atomic E-state index is 11.4. The molecular formula is C8H16N2O2. The van der Waals surface area contributed by atoms with Crippen molar-refractivity contribution in [3.63, 3.8) is 0 Å². The van der Waals surface area contributed by atoms with Crippen LogP contribution in [0.5, 0.6) is 0 Å². The molecule has 0 rings (SSSR count). The van der Waals surface area contributed by atoms with Crippen LogP contribution in [0.15, 0.2) is 0 Å². The summed E-state index contributed by atoms with van der Waals surface area (Å²) in [6.07, 6.45) is -0.0733. The number of rotatable bonds is 3. The Bertz CT molecular complexity index is 194. The molecule has 4 N–H and O–H groups in total. The molecule has 0 saturated carbocycles. The average Bonchev–Trinajstić information content (AvgIpc) is 1.82. The van der Waals surface area contributed by atoms with E-state index in [0.717, 1.165) is 0 Å². The van der Waals surface area contributed by atoms with E-state index in [1.165, 1.54) is 0 Å². The van der Waals surface area contributed by atoms with E-state index >= 15 is 0 Å². The zero-order valence-electron chi connectivity index (χ0n) is 7.76. The molecule has 70 valence electrons. The van der Waals surface area contributed by atoms with Gasteiger partial charge in [-0.25, -0.2) is 0 Å². The summed E-state index contributed by atoms with van der Waals surface area (Å²) in [5.74, 6) is -0.679.